The van der Waals surface area contributed by atoms with Gasteiger partial charge in [0.15, 0.2) is 0 Å². The second-order valence-electron chi connectivity index (χ2n) is 12.6. The summed E-state index contributed by atoms with van der Waals surface area (Å²) >= 11 is 0. The van der Waals surface area contributed by atoms with Crippen LogP contribution in [0.1, 0.15) is 43.1 Å². The summed E-state index contributed by atoms with van der Waals surface area (Å²) in [5, 5.41) is 6.04. The van der Waals surface area contributed by atoms with Gasteiger partial charge < -0.3 is 15.4 Å². The van der Waals surface area contributed by atoms with Crippen LogP contribution in [0.25, 0.3) is 22.3 Å². The maximum atomic E-state index is 13.7. The van der Waals surface area contributed by atoms with Gasteiger partial charge >= 0.3 is 6.09 Å². The second kappa shape index (κ2) is 14.0. The standard InChI is InChI=1S/C37H39F2N3O3/c1-37(2,3)45-36(44)41-21-26-17-34(42(24-26)23-25-7-5-4-6-8-25)22-40-35(43)31-19-29(27-9-13-32(38)14-10-27)18-30(20-31)28-11-15-33(39)16-12-28/h4-16,18-20,26,34H,17,21-24H2,1-3H3,(H,40,43)(H,41,44)/t26-,34-/m0/s1. The highest BCUT2D eigenvalue weighted by Gasteiger charge is 2.33. The molecule has 2 amide bonds. The molecule has 1 aliphatic rings. The van der Waals surface area contributed by atoms with Crippen molar-refractivity contribution in [3.63, 3.8) is 0 Å². The molecule has 0 aliphatic carbocycles. The van der Waals surface area contributed by atoms with E-state index in [0.29, 0.717) is 18.7 Å². The van der Waals surface area contributed by atoms with Crippen molar-refractivity contribution in [1.82, 2.24) is 15.5 Å². The van der Waals surface area contributed by atoms with Crippen molar-refractivity contribution >= 4 is 12.0 Å². The number of rotatable bonds is 9. The van der Waals surface area contributed by atoms with E-state index >= 15 is 0 Å². The Bertz CT molecular complexity index is 1540. The number of halogens is 2. The van der Waals surface area contributed by atoms with Crippen molar-refractivity contribution < 1.29 is 23.1 Å². The number of nitrogens with one attached hydrogen (secondary N) is 2. The van der Waals surface area contributed by atoms with Crippen molar-refractivity contribution in [3.8, 4) is 22.3 Å². The second-order valence-corrected chi connectivity index (χ2v) is 12.6. The number of hydrogen-bond donors (Lipinski definition) is 2. The number of nitrogens with zero attached hydrogens (tertiary/aromatic N) is 1. The van der Waals surface area contributed by atoms with Gasteiger partial charge in [-0.05, 0) is 103 Å². The van der Waals surface area contributed by atoms with Crippen LogP contribution in [0.15, 0.2) is 97.1 Å². The topological polar surface area (TPSA) is 70.7 Å². The van der Waals surface area contributed by atoms with E-state index in [1.165, 1.54) is 29.8 Å². The Morgan fingerprint density at radius 3 is 1.91 bits per heavy atom. The predicted molar refractivity (Wildman–Crippen MR) is 173 cm³/mol. The molecule has 4 aromatic rings. The molecule has 4 aromatic carbocycles. The lowest BCUT2D eigenvalue weighted by Crippen LogP contribution is -2.39. The van der Waals surface area contributed by atoms with Crippen LogP contribution in [0, 0.1) is 17.6 Å². The van der Waals surface area contributed by atoms with Gasteiger partial charge in [0.05, 0.1) is 0 Å². The van der Waals surface area contributed by atoms with E-state index in [0.717, 1.165) is 41.8 Å². The monoisotopic (exact) mass is 611 g/mol. The summed E-state index contributed by atoms with van der Waals surface area (Å²) in [6.45, 7) is 7.88. The van der Waals surface area contributed by atoms with Crippen molar-refractivity contribution in [3.05, 3.63) is 120 Å². The fourth-order valence-electron chi connectivity index (χ4n) is 5.69. The molecule has 1 heterocycles. The van der Waals surface area contributed by atoms with E-state index in [4.69, 9.17) is 4.74 Å². The first kappa shape index (κ1) is 31.9. The Labute approximate surface area is 263 Å². The Morgan fingerprint density at radius 1 is 0.778 bits per heavy atom. The van der Waals surface area contributed by atoms with E-state index in [1.807, 2.05) is 45.0 Å². The molecule has 1 saturated heterocycles. The molecule has 0 unspecified atom stereocenters. The molecule has 0 radical (unpaired) electrons. The number of hydrogen-bond acceptors (Lipinski definition) is 4. The lowest BCUT2D eigenvalue weighted by Gasteiger charge is -2.25. The van der Waals surface area contributed by atoms with Crippen LogP contribution in [0.4, 0.5) is 13.6 Å². The zero-order valence-corrected chi connectivity index (χ0v) is 25.9. The third-order valence-electron chi connectivity index (χ3n) is 7.83. The molecule has 0 spiro atoms. The quantitative estimate of drug-likeness (QED) is 0.206. The first-order valence-corrected chi connectivity index (χ1v) is 15.2. The van der Waals surface area contributed by atoms with Gasteiger partial charge in [-0.15, -0.1) is 0 Å². The smallest absolute Gasteiger partial charge is 0.407 e. The molecule has 2 atom stereocenters. The molecule has 5 rings (SSSR count). The summed E-state index contributed by atoms with van der Waals surface area (Å²) in [5.74, 6) is -0.738. The zero-order chi connectivity index (χ0) is 32.0. The Morgan fingerprint density at radius 2 is 1.36 bits per heavy atom. The number of ether oxygens (including phenoxy) is 1. The molecule has 0 bridgehead atoms. The number of likely N-dealkylation sites (tertiary alicyclic amines) is 1. The molecular weight excluding hydrogens is 572 g/mol. The average molecular weight is 612 g/mol. The third-order valence-corrected chi connectivity index (χ3v) is 7.83. The zero-order valence-electron chi connectivity index (χ0n) is 25.9. The largest absolute Gasteiger partial charge is 0.444 e. The molecule has 1 fully saturated rings. The predicted octanol–water partition coefficient (Wildman–Crippen LogP) is 7.44. The van der Waals surface area contributed by atoms with Gasteiger partial charge in [-0.2, -0.15) is 0 Å². The van der Waals surface area contributed by atoms with Crippen LogP contribution in [-0.2, 0) is 11.3 Å². The van der Waals surface area contributed by atoms with Gasteiger partial charge in [0.1, 0.15) is 17.2 Å². The number of amides is 2. The molecule has 2 N–H and O–H groups in total. The third kappa shape index (κ3) is 8.99. The number of benzene rings is 4. The first-order chi connectivity index (χ1) is 21.5. The van der Waals surface area contributed by atoms with Crippen molar-refractivity contribution in [2.75, 3.05) is 19.6 Å². The Balaban J connectivity index is 1.33. The molecule has 0 aromatic heterocycles. The van der Waals surface area contributed by atoms with Crippen LogP contribution < -0.4 is 10.6 Å². The lowest BCUT2D eigenvalue weighted by atomic mass is 9.95. The fourth-order valence-corrected chi connectivity index (χ4v) is 5.69. The summed E-state index contributed by atoms with van der Waals surface area (Å²) in [7, 11) is 0. The van der Waals surface area contributed by atoms with Gasteiger partial charge in [0.2, 0.25) is 0 Å². The van der Waals surface area contributed by atoms with Crippen LogP contribution in [0.3, 0.4) is 0 Å². The Kier molecular flexibility index (Phi) is 9.93. The minimum absolute atomic E-state index is 0.0523. The minimum Gasteiger partial charge on any atom is -0.444 e. The van der Waals surface area contributed by atoms with Crippen LogP contribution in [0.5, 0.6) is 0 Å². The summed E-state index contributed by atoms with van der Waals surface area (Å²) in [5.41, 5.74) is 4.08. The van der Waals surface area contributed by atoms with E-state index in [2.05, 4.69) is 27.7 Å². The fraction of sp³-hybridized carbons (Fsp3) is 0.297. The first-order valence-electron chi connectivity index (χ1n) is 15.2. The Hall–Kier alpha value is -4.56. The molecular formula is C37H39F2N3O3. The van der Waals surface area contributed by atoms with Gasteiger partial charge in [0, 0.05) is 37.8 Å². The van der Waals surface area contributed by atoms with E-state index in [-0.39, 0.29) is 29.5 Å². The highest BCUT2D eigenvalue weighted by Crippen LogP contribution is 2.30. The van der Waals surface area contributed by atoms with E-state index in [9.17, 15) is 18.4 Å². The van der Waals surface area contributed by atoms with Gasteiger partial charge in [0.25, 0.3) is 5.91 Å². The normalized spacial score (nSPS) is 16.7. The lowest BCUT2D eigenvalue weighted by molar-refractivity contribution is 0.0519. The molecule has 1 aliphatic heterocycles. The number of carbonyl (C=O) groups is 2. The molecule has 45 heavy (non-hydrogen) atoms. The molecule has 6 nitrogen and oxygen atoms in total. The summed E-state index contributed by atoms with van der Waals surface area (Å²) < 4.78 is 32.7. The van der Waals surface area contributed by atoms with Crippen molar-refractivity contribution in [1.29, 1.82) is 0 Å². The number of alkyl carbamates (subject to hydrolysis) is 1. The minimum atomic E-state index is -0.573. The number of carbonyl (C=O) groups excluding carboxylic acids is 2. The summed E-state index contributed by atoms with van der Waals surface area (Å²) in [6.07, 6.45) is 0.353. The van der Waals surface area contributed by atoms with Gasteiger partial charge in [-0.1, -0.05) is 54.6 Å². The van der Waals surface area contributed by atoms with Gasteiger partial charge in [-0.3, -0.25) is 9.69 Å². The maximum Gasteiger partial charge on any atom is 0.407 e. The summed E-state index contributed by atoms with van der Waals surface area (Å²) in [4.78, 5) is 28.3. The molecule has 0 saturated carbocycles. The summed E-state index contributed by atoms with van der Waals surface area (Å²) in [6, 6.07) is 27.9. The van der Waals surface area contributed by atoms with E-state index in [1.54, 1.807) is 36.4 Å². The highest BCUT2D eigenvalue weighted by atomic mass is 19.1. The van der Waals surface area contributed by atoms with E-state index < -0.39 is 11.7 Å². The van der Waals surface area contributed by atoms with Crippen molar-refractivity contribution in [2.24, 2.45) is 5.92 Å². The highest BCUT2D eigenvalue weighted by molar-refractivity contribution is 5.97. The van der Waals surface area contributed by atoms with Crippen LogP contribution in [0.2, 0.25) is 0 Å². The maximum absolute atomic E-state index is 13.7. The average Bonchev–Trinajstić information content (AvgIpc) is 3.40. The van der Waals surface area contributed by atoms with Crippen LogP contribution in [-0.4, -0.2) is 48.2 Å². The molecule has 8 heteroatoms. The molecule has 234 valence electrons. The van der Waals surface area contributed by atoms with Crippen molar-refractivity contribution in [2.45, 2.75) is 45.4 Å². The SMILES string of the molecule is CC(C)(C)OC(=O)NC[C@@H]1C[C@@H](CNC(=O)c2cc(-c3ccc(F)cc3)cc(-c3ccc(F)cc3)c2)N(Cc2ccccc2)C1. The van der Waals surface area contributed by atoms with Crippen LogP contribution >= 0.6 is 0 Å². The van der Waals surface area contributed by atoms with Gasteiger partial charge in [-0.25, -0.2) is 13.6 Å².